The Morgan fingerprint density at radius 1 is 1.10 bits per heavy atom. The average Bonchev–Trinajstić information content (AvgIpc) is 2.79. The SMILES string of the molecule is CNC(=O)c1ccc(N2C[C@@H]3C[C@H](C2)c2cc(-c4ccccn4)cc(=O)n2C3)nn1. The second kappa shape index (κ2) is 7.37. The van der Waals surface area contributed by atoms with E-state index in [0.29, 0.717) is 18.2 Å². The smallest absolute Gasteiger partial charge is 0.271 e. The predicted octanol–water partition coefficient (Wildman–Crippen LogP) is 1.68. The van der Waals surface area contributed by atoms with E-state index in [2.05, 4.69) is 31.5 Å². The van der Waals surface area contributed by atoms with Gasteiger partial charge >= 0.3 is 0 Å². The first-order chi connectivity index (χ1) is 14.6. The van der Waals surface area contributed by atoms with E-state index in [-0.39, 0.29) is 17.4 Å². The van der Waals surface area contributed by atoms with Gasteiger partial charge in [-0.1, -0.05) is 6.07 Å². The van der Waals surface area contributed by atoms with E-state index >= 15 is 0 Å². The highest BCUT2D eigenvalue weighted by Gasteiger charge is 2.35. The van der Waals surface area contributed by atoms with E-state index < -0.39 is 0 Å². The second-order valence-electron chi connectivity index (χ2n) is 7.89. The standard InChI is InChI=1S/C22H22N6O2/c1-23-22(30)18-5-6-20(26-25-18)27-11-14-8-16(13-27)19-9-15(10-21(29)28(19)12-14)17-4-2-3-7-24-17/h2-7,9-10,14,16H,8,11-13H2,1H3,(H,23,30)/t14-,16+/m0/s1. The molecule has 0 unspecified atom stereocenters. The topological polar surface area (TPSA) is 93.0 Å². The van der Waals surface area contributed by atoms with Crippen molar-refractivity contribution in [1.29, 1.82) is 0 Å². The minimum atomic E-state index is -0.250. The first-order valence-electron chi connectivity index (χ1n) is 10.1. The van der Waals surface area contributed by atoms with E-state index in [1.54, 1.807) is 25.4 Å². The molecule has 1 saturated heterocycles. The molecule has 0 aromatic carbocycles. The maximum atomic E-state index is 12.8. The fourth-order valence-electron chi connectivity index (χ4n) is 4.57. The average molecular weight is 402 g/mol. The number of pyridine rings is 2. The van der Waals surface area contributed by atoms with Crippen molar-refractivity contribution >= 4 is 11.7 Å². The molecule has 0 radical (unpaired) electrons. The van der Waals surface area contributed by atoms with Crippen LogP contribution in [0, 0.1) is 5.92 Å². The number of anilines is 1. The fourth-order valence-corrected chi connectivity index (χ4v) is 4.57. The van der Waals surface area contributed by atoms with Crippen molar-refractivity contribution < 1.29 is 4.79 Å². The molecule has 1 N–H and O–H groups in total. The quantitative estimate of drug-likeness (QED) is 0.717. The van der Waals surface area contributed by atoms with Crippen molar-refractivity contribution in [3.63, 3.8) is 0 Å². The molecule has 0 saturated carbocycles. The van der Waals surface area contributed by atoms with Gasteiger partial charge in [-0.3, -0.25) is 14.6 Å². The summed E-state index contributed by atoms with van der Waals surface area (Å²) < 4.78 is 1.92. The highest BCUT2D eigenvalue weighted by molar-refractivity contribution is 5.91. The van der Waals surface area contributed by atoms with Crippen LogP contribution in [0.4, 0.5) is 5.82 Å². The van der Waals surface area contributed by atoms with E-state index in [4.69, 9.17) is 0 Å². The van der Waals surface area contributed by atoms with Gasteiger partial charge in [-0.25, -0.2) is 0 Å². The molecule has 0 aliphatic carbocycles. The summed E-state index contributed by atoms with van der Waals surface area (Å²) >= 11 is 0. The highest BCUT2D eigenvalue weighted by atomic mass is 16.1. The largest absolute Gasteiger partial charge is 0.354 e. The number of carbonyl (C=O) groups is 1. The Morgan fingerprint density at radius 2 is 2.00 bits per heavy atom. The van der Waals surface area contributed by atoms with E-state index in [1.807, 2.05) is 28.8 Å². The Hall–Kier alpha value is -3.55. The molecule has 0 spiro atoms. The minimum absolute atomic E-state index is 0.0334. The third-order valence-electron chi connectivity index (χ3n) is 5.95. The van der Waals surface area contributed by atoms with Gasteiger partial charge in [0.25, 0.3) is 11.5 Å². The fraction of sp³-hybridized carbons (Fsp3) is 0.318. The Bertz CT molecular complexity index is 1140. The van der Waals surface area contributed by atoms with Crippen LogP contribution in [0.1, 0.15) is 28.5 Å². The molecule has 30 heavy (non-hydrogen) atoms. The lowest BCUT2D eigenvalue weighted by molar-refractivity contribution is 0.0957. The summed E-state index contributed by atoms with van der Waals surface area (Å²) in [7, 11) is 1.57. The van der Waals surface area contributed by atoms with Crippen molar-refractivity contribution in [2.24, 2.45) is 5.92 Å². The maximum Gasteiger partial charge on any atom is 0.271 e. The van der Waals surface area contributed by atoms with E-state index in [0.717, 1.165) is 42.3 Å². The van der Waals surface area contributed by atoms with Crippen LogP contribution in [0.15, 0.2) is 53.5 Å². The number of nitrogens with one attached hydrogen (secondary N) is 1. The minimum Gasteiger partial charge on any atom is -0.354 e. The van der Waals surface area contributed by atoms with Gasteiger partial charge in [0.05, 0.1) is 5.69 Å². The molecule has 5 heterocycles. The number of amides is 1. The van der Waals surface area contributed by atoms with Crippen LogP contribution < -0.4 is 15.8 Å². The molecule has 2 atom stereocenters. The van der Waals surface area contributed by atoms with E-state index in [1.165, 1.54) is 0 Å². The highest BCUT2D eigenvalue weighted by Crippen LogP contribution is 2.37. The Labute approximate surface area is 173 Å². The van der Waals surface area contributed by atoms with Gasteiger partial charge in [0.2, 0.25) is 0 Å². The predicted molar refractivity (Wildman–Crippen MR) is 112 cm³/mol. The molecule has 2 bridgehead atoms. The number of carbonyl (C=O) groups excluding carboxylic acids is 1. The van der Waals surface area contributed by atoms with Gasteiger partial charge in [-0.05, 0) is 42.7 Å². The summed E-state index contributed by atoms with van der Waals surface area (Å²) in [6, 6.07) is 13.1. The number of nitrogens with zero attached hydrogens (tertiary/aromatic N) is 5. The molecule has 2 aliphatic rings. The second-order valence-corrected chi connectivity index (χ2v) is 7.89. The monoisotopic (exact) mass is 402 g/mol. The van der Waals surface area contributed by atoms with Crippen LogP contribution in [0.3, 0.4) is 0 Å². The molecule has 8 nitrogen and oxygen atoms in total. The summed E-state index contributed by atoms with van der Waals surface area (Å²) in [5.74, 6) is 1.11. The van der Waals surface area contributed by atoms with Crippen molar-refractivity contribution in [1.82, 2.24) is 25.1 Å². The van der Waals surface area contributed by atoms with E-state index in [9.17, 15) is 9.59 Å². The van der Waals surface area contributed by atoms with Gasteiger partial charge in [0.15, 0.2) is 11.5 Å². The molecule has 2 aliphatic heterocycles. The lowest BCUT2D eigenvalue weighted by Crippen LogP contribution is -2.47. The molecule has 8 heteroatoms. The van der Waals surface area contributed by atoms with Gasteiger partial charge in [0, 0.05) is 56.1 Å². The molecule has 1 fully saturated rings. The summed E-state index contributed by atoms with van der Waals surface area (Å²) in [5.41, 5.74) is 3.06. The Kier molecular flexibility index (Phi) is 4.54. The van der Waals surface area contributed by atoms with Crippen LogP contribution in [0.25, 0.3) is 11.3 Å². The van der Waals surface area contributed by atoms with Crippen molar-refractivity contribution in [3.8, 4) is 11.3 Å². The third-order valence-corrected chi connectivity index (χ3v) is 5.95. The lowest BCUT2D eigenvalue weighted by atomic mass is 9.82. The molecule has 3 aromatic rings. The number of hydrogen-bond donors (Lipinski definition) is 1. The number of piperidine rings is 1. The first kappa shape index (κ1) is 18.5. The molecule has 3 aromatic heterocycles. The zero-order valence-corrected chi connectivity index (χ0v) is 16.7. The third kappa shape index (κ3) is 3.24. The number of fused-ring (bicyclic) bond motifs is 4. The van der Waals surface area contributed by atoms with Crippen LogP contribution in [-0.2, 0) is 6.54 Å². The molecule has 5 rings (SSSR count). The molecule has 152 valence electrons. The van der Waals surface area contributed by atoms with Gasteiger partial charge < -0.3 is 14.8 Å². The normalized spacial score (nSPS) is 19.8. The summed E-state index contributed by atoms with van der Waals surface area (Å²) in [4.78, 5) is 31.2. The first-order valence-corrected chi connectivity index (χ1v) is 10.1. The molecule has 1 amide bonds. The van der Waals surface area contributed by atoms with Crippen molar-refractivity contribution in [2.75, 3.05) is 25.0 Å². The Morgan fingerprint density at radius 3 is 2.73 bits per heavy atom. The van der Waals surface area contributed by atoms with Crippen molar-refractivity contribution in [2.45, 2.75) is 18.9 Å². The summed E-state index contributed by atoms with van der Waals surface area (Å²) in [6.07, 6.45) is 2.79. The summed E-state index contributed by atoms with van der Waals surface area (Å²) in [5, 5.41) is 10.9. The molecular weight excluding hydrogens is 380 g/mol. The van der Waals surface area contributed by atoms with Gasteiger partial charge in [-0.15, -0.1) is 10.2 Å². The lowest BCUT2D eigenvalue weighted by Gasteiger charge is -2.43. The Balaban J connectivity index is 1.46. The number of hydrogen-bond acceptors (Lipinski definition) is 6. The zero-order valence-electron chi connectivity index (χ0n) is 16.7. The van der Waals surface area contributed by atoms with Crippen LogP contribution in [-0.4, -0.2) is 45.8 Å². The maximum absolute atomic E-state index is 12.8. The van der Waals surface area contributed by atoms with Crippen molar-refractivity contribution in [3.05, 3.63) is 70.4 Å². The van der Waals surface area contributed by atoms with Crippen LogP contribution in [0.5, 0.6) is 0 Å². The van der Waals surface area contributed by atoms with Crippen LogP contribution >= 0.6 is 0 Å². The zero-order chi connectivity index (χ0) is 20.7. The van der Waals surface area contributed by atoms with Gasteiger partial charge in [-0.2, -0.15) is 0 Å². The number of rotatable bonds is 3. The van der Waals surface area contributed by atoms with Gasteiger partial charge in [0.1, 0.15) is 0 Å². The summed E-state index contributed by atoms with van der Waals surface area (Å²) in [6.45, 7) is 2.28. The number of aromatic nitrogens is 4. The van der Waals surface area contributed by atoms with Crippen LogP contribution in [0.2, 0.25) is 0 Å². The molecular formula is C22H22N6O2.